The van der Waals surface area contributed by atoms with Crippen LogP contribution in [0.25, 0.3) is 0 Å². The Kier molecular flexibility index (Phi) is 3.73. The van der Waals surface area contributed by atoms with E-state index in [0.29, 0.717) is 0 Å². The summed E-state index contributed by atoms with van der Waals surface area (Å²) in [6.07, 6.45) is -0.0904. The molecule has 3 heteroatoms. The minimum absolute atomic E-state index is 0.0904. The maximum Gasteiger partial charge on any atom is 0.151 e. The summed E-state index contributed by atoms with van der Waals surface area (Å²) in [4.78, 5) is 5.20. The van der Waals surface area contributed by atoms with E-state index in [1.54, 1.807) is 19.3 Å². The predicted molar refractivity (Wildman–Crippen MR) is 52.4 cm³/mol. The highest BCUT2D eigenvalue weighted by Gasteiger charge is 2.12. The molecule has 0 aromatic heterocycles. The van der Waals surface area contributed by atoms with Gasteiger partial charge in [-0.2, -0.15) is 0 Å². The van der Waals surface area contributed by atoms with Crippen molar-refractivity contribution in [2.75, 3.05) is 19.3 Å². The van der Waals surface area contributed by atoms with Crippen molar-refractivity contribution in [3.05, 3.63) is 30.3 Å². The fraction of sp³-hybridized carbons (Fsp3) is 0.400. The molecule has 1 aromatic rings. The van der Waals surface area contributed by atoms with Crippen molar-refractivity contribution in [2.24, 2.45) is 0 Å². The topological polar surface area (TPSA) is 21.7 Å². The van der Waals surface area contributed by atoms with Crippen molar-refractivity contribution in [1.82, 2.24) is 0 Å². The van der Waals surface area contributed by atoms with E-state index >= 15 is 0 Å². The zero-order chi connectivity index (χ0) is 9.68. The van der Waals surface area contributed by atoms with Gasteiger partial charge in [0.2, 0.25) is 0 Å². The van der Waals surface area contributed by atoms with Crippen LogP contribution in [0.3, 0.4) is 0 Å². The van der Waals surface area contributed by atoms with Gasteiger partial charge in [-0.05, 0) is 19.1 Å². The molecule has 3 nitrogen and oxygen atoms in total. The summed E-state index contributed by atoms with van der Waals surface area (Å²) in [6.45, 7) is 1.93. The molecule has 0 heterocycles. The molecular weight excluding hydrogens is 166 g/mol. The van der Waals surface area contributed by atoms with Crippen LogP contribution >= 0.6 is 0 Å². The average molecular weight is 181 g/mol. The third-order valence-electron chi connectivity index (χ3n) is 1.88. The first-order valence-electron chi connectivity index (χ1n) is 4.20. The lowest BCUT2D eigenvalue weighted by Gasteiger charge is -2.26. The number of anilines is 1. The zero-order valence-electron chi connectivity index (χ0n) is 8.23. The van der Waals surface area contributed by atoms with Gasteiger partial charge in [0, 0.05) is 7.11 Å². The Morgan fingerprint density at radius 2 is 1.77 bits per heavy atom. The number of nitrogens with zero attached hydrogens (tertiary/aromatic N) is 1. The van der Waals surface area contributed by atoms with E-state index in [1.165, 1.54) is 0 Å². The molecule has 0 radical (unpaired) electrons. The smallest absolute Gasteiger partial charge is 0.151 e. The first-order valence-corrected chi connectivity index (χ1v) is 4.20. The number of rotatable bonds is 4. The Hall–Kier alpha value is -1.06. The number of ether oxygens (including phenoxy) is 1. The molecule has 1 unspecified atom stereocenters. The Bertz CT molecular complexity index is 238. The predicted octanol–water partition coefficient (Wildman–Crippen LogP) is 2.05. The molecule has 0 bridgehead atoms. The number of hydrogen-bond acceptors (Lipinski definition) is 3. The summed E-state index contributed by atoms with van der Waals surface area (Å²) in [5, 5.41) is 1.71. The van der Waals surface area contributed by atoms with Crippen LogP contribution in [0.15, 0.2) is 30.3 Å². The van der Waals surface area contributed by atoms with Crippen molar-refractivity contribution in [3.63, 3.8) is 0 Å². The SMILES string of the molecule is COC(C)N(OC)c1ccccc1. The number of para-hydroxylation sites is 1. The molecule has 1 aromatic carbocycles. The first-order chi connectivity index (χ1) is 6.29. The number of benzene rings is 1. The van der Waals surface area contributed by atoms with Crippen molar-refractivity contribution in [1.29, 1.82) is 0 Å². The quantitative estimate of drug-likeness (QED) is 0.524. The van der Waals surface area contributed by atoms with Crippen molar-refractivity contribution in [2.45, 2.75) is 13.2 Å². The summed E-state index contributed by atoms with van der Waals surface area (Å²) >= 11 is 0. The van der Waals surface area contributed by atoms with E-state index in [2.05, 4.69) is 0 Å². The van der Waals surface area contributed by atoms with Gasteiger partial charge in [-0.25, -0.2) is 5.06 Å². The highest BCUT2D eigenvalue weighted by atomic mass is 16.7. The monoisotopic (exact) mass is 181 g/mol. The fourth-order valence-electron chi connectivity index (χ4n) is 1.13. The van der Waals surface area contributed by atoms with Crippen LogP contribution < -0.4 is 5.06 Å². The van der Waals surface area contributed by atoms with Crippen molar-refractivity contribution < 1.29 is 9.57 Å². The number of methoxy groups -OCH3 is 1. The van der Waals surface area contributed by atoms with E-state index in [0.717, 1.165) is 5.69 Å². The largest absolute Gasteiger partial charge is 0.360 e. The Morgan fingerprint density at radius 3 is 2.23 bits per heavy atom. The lowest BCUT2D eigenvalue weighted by molar-refractivity contribution is 0.0147. The van der Waals surface area contributed by atoms with Gasteiger partial charge in [-0.3, -0.25) is 4.84 Å². The Balaban J connectivity index is 2.78. The summed E-state index contributed by atoms with van der Waals surface area (Å²) in [5.74, 6) is 0. The molecule has 1 atom stereocenters. The van der Waals surface area contributed by atoms with Crippen LogP contribution in [0, 0.1) is 0 Å². The lowest BCUT2D eigenvalue weighted by Crippen LogP contribution is -2.33. The van der Waals surface area contributed by atoms with Gasteiger partial charge < -0.3 is 4.74 Å². The van der Waals surface area contributed by atoms with E-state index in [1.807, 2.05) is 37.3 Å². The van der Waals surface area contributed by atoms with Crippen LogP contribution in [0.1, 0.15) is 6.92 Å². The molecule has 0 fully saturated rings. The minimum atomic E-state index is -0.0904. The highest BCUT2D eigenvalue weighted by molar-refractivity contribution is 5.43. The molecule has 13 heavy (non-hydrogen) atoms. The van der Waals surface area contributed by atoms with Gasteiger partial charge in [0.05, 0.1) is 12.8 Å². The minimum Gasteiger partial charge on any atom is -0.360 e. The zero-order valence-corrected chi connectivity index (χ0v) is 8.23. The van der Waals surface area contributed by atoms with Gasteiger partial charge in [-0.15, -0.1) is 0 Å². The molecule has 0 spiro atoms. The van der Waals surface area contributed by atoms with Gasteiger partial charge in [-0.1, -0.05) is 18.2 Å². The average Bonchev–Trinajstić information content (AvgIpc) is 2.20. The third-order valence-corrected chi connectivity index (χ3v) is 1.88. The second-order valence-electron chi connectivity index (χ2n) is 2.68. The van der Waals surface area contributed by atoms with E-state index in [-0.39, 0.29) is 6.23 Å². The normalized spacial score (nSPS) is 12.5. The molecule has 0 saturated carbocycles. The summed E-state index contributed by atoms with van der Waals surface area (Å²) in [7, 11) is 3.28. The van der Waals surface area contributed by atoms with Crippen LogP contribution in [0.2, 0.25) is 0 Å². The summed E-state index contributed by atoms with van der Waals surface area (Å²) in [5.41, 5.74) is 0.986. The molecule has 0 aliphatic heterocycles. The van der Waals surface area contributed by atoms with E-state index in [4.69, 9.17) is 9.57 Å². The first kappa shape index (κ1) is 10.0. The number of hydrogen-bond donors (Lipinski definition) is 0. The molecule has 1 rings (SSSR count). The summed E-state index contributed by atoms with van der Waals surface area (Å²) in [6, 6.07) is 9.83. The Morgan fingerprint density at radius 1 is 1.15 bits per heavy atom. The van der Waals surface area contributed by atoms with Gasteiger partial charge in [0.25, 0.3) is 0 Å². The Labute approximate surface area is 78.8 Å². The van der Waals surface area contributed by atoms with Crippen LogP contribution in [-0.2, 0) is 9.57 Å². The van der Waals surface area contributed by atoms with Crippen LogP contribution in [0.4, 0.5) is 5.69 Å². The summed E-state index contributed by atoms with van der Waals surface area (Å²) < 4.78 is 5.16. The van der Waals surface area contributed by atoms with Crippen molar-refractivity contribution >= 4 is 5.69 Å². The maximum absolute atomic E-state index is 5.20. The van der Waals surface area contributed by atoms with Crippen molar-refractivity contribution in [3.8, 4) is 0 Å². The van der Waals surface area contributed by atoms with Gasteiger partial charge >= 0.3 is 0 Å². The molecule has 0 aliphatic rings. The molecule has 0 saturated heterocycles. The second kappa shape index (κ2) is 4.84. The lowest BCUT2D eigenvalue weighted by atomic mass is 10.3. The van der Waals surface area contributed by atoms with E-state index in [9.17, 15) is 0 Å². The molecule has 72 valence electrons. The highest BCUT2D eigenvalue weighted by Crippen LogP contribution is 2.16. The van der Waals surface area contributed by atoms with E-state index < -0.39 is 0 Å². The molecule has 0 aliphatic carbocycles. The fourth-order valence-corrected chi connectivity index (χ4v) is 1.13. The molecule has 0 amide bonds. The standard InChI is InChI=1S/C10H15NO2/c1-9(12-2)11(13-3)10-7-5-4-6-8-10/h4-9H,1-3H3. The number of hydroxylamine groups is 1. The molecule has 0 N–H and O–H groups in total. The maximum atomic E-state index is 5.20. The third kappa shape index (κ3) is 2.44. The van der Waals surface area contributed by atoms with Crippen LogP contribution in [-0.4, -0.2) is 20.4 Å². The molecular formula is C10H15NO2. The van der Waals surface area contributed by atoms with Gasteiger partial charge in [0.1, 0.15) is 0 Å². The van der Waals surface area contributed by atoms with Gasteiger partial charge in [0.15, 0.2) is 6.23 Å². The van der Waals surface area contributed by atoms with Crippen LogP contribution in [0.5, 0.6) is 0 Å². The second-order valence-corrected chi connectivity index (χ2v) is 2.68.